The minimum absolute atomic E-state index is 0.116. The first-order valence-electron chi connectivity index (χ1n) is 7.59. The zero-order valence-electron chi connectivity index (χ0n) is 13.7. The molecule has 1 fully saturated rings. The van der Waals surface area contributed by atoms with E-state index in [1.807, 2.05) is 51.1 Å². The van der Waals surface area contributed by atoms with Gasteiger partial charge in [-0.2, -0.15) is 0 Å². The van der Waals surface area contributed by atoms with Gasteiger partial charge in [0.25, 0.3) is 6.47 Å². The van der Waals surface area contributed by atoms with Gasteiger partial charge >= 0.3 is 0 Å². The highest BCUT2D eigenvalue weighted by Crippen LogP contribution is 2.17. The summed E-state index contributed by atoms with van der Waals surface area (Å²) in [6.45, 7) is 8.91. The van der Waals surface area contributed by atoms with Gasteiger partial charge in [0.2, 0.25) is 0 Å². The Morgan fingerprint density at radius 1 is 1.38 bits per heavy atom. The number of carbonyl (C=O) groups is 1. The molecule has 1 aliphatic heterocycles. The molecule has 120 valence electrons. The van der Waals surface area contributed by atoms with Crippen LogP contribution >= 0.6 is 0 Å². The highest BCUT2D eigenvalue weighted by molar-refractivity contribution is 5.37. The Balaban J connectivity index is 0.000000342. The largest absolute Gasteiger partial charge is 0.463 e. The number of aliphatic hydroxyl groups excluding tert-OH is 1. The molecule has 1 saturated heterocycles. The number of aliphatic hydroxyl groups is 1. The summed E-state index contributed by atoms with van der Waals surface area (Å²) in [5.74, 6) is 0.523. The van der Waals surface area contributed by atoms with Crippen molar-refractivity contribution in [1.82, 2.24) is 4.90 Å². The molecule has 2 unspecified atom stereocenters. The van der Waals surface area contributed by atoms with Crippen molar-refractivity contribution in [3.05, 3.63) is 35.9 Å². The van der Waals surface area contributed by atoms with E-state index in [4.69, 9.17) is 5.11 Å². The van der Waals surface area contributed by atoms with E-state index < -0.39 is 0 Å². The van der Waals surface area contributed by atoms with Gasteiger partial charge in [0.15, 0.2) is 0 Å². The second kappa shape index (κ2) is 12.4. The molecular formula is C17H29NO3. The molecule has 0 aliphatic carbocycles. The van der Waals surface area contributed by atoms with Crippen LogP contribution in [0, 0.1) is 5.92 Å². The van der Waals surface area contributed by atoms with Gasteiger partial charge in [0.1, 0.15) is 6.61 Å². The second-order valence-electron chi connectivity index (χ2n) is 4.94. The van der Waals surface area contributed by atoms with Gasteiger partial charge in [-0.05, 0) is 38.4 Å². The maximum absolute atomic E-state index is 9.76. The quantitative estimate of drug-likeness (QED) is 0.868. The average Bonchev–Trinajstić information content (AvgIpc) is 2.96. The van der Waals surface area contributed by atoms with Crippen molar-refractivity contribution in [2.45, 2.75) is 39.9 Å². The first-order chi connectivity index (χ1) is 10.1. The molecule has 0 amide bonds. The van der Waals surface area contributed by atoms with Crippen molar-refractivity contribution < 1.29 is 14.6 Å². The Labute approximate surface area is 128 Å². The van der Waals surface area contributed by atoms with Crippen LogP contribution in [0.3, 0.4) is 0 Å². The smallest absolute Gasteiger partial charge is 0.293 e. The summed E-state index contributed by atoms with van der Waals surface area (Å²) < 4.78 is 4.54. The summed E-state index contributed by atoms with van der Waals surface area (Å²) in [5.41, 5.74) is 1.01. The SMILES string of the molecule is CC.CC(O)C1CCN(C)C1.O=COCc1ccccc1. The minimum Gasteiger partial charge on any atom is -0.463 e. The fourth-order valence-electron chi connectivity index (χ4n) is 2.07. The lowest BCUT2D eigenvalue weighted by atomic mass is 10.0. The zero-order valence-corrected chi connectivity index (χ0v) is 13.7. The van der Waals surface area contributed by atoms with Gasteiger partial charge in [-0.1, -0.05) is 44.2 Å². The van der Waals surface area contributed by atoms with Crippen molar-refractivity contribution in [1.29, 1.82) is 0 Å². The fraction of sp³-hybridized carbons (Fsp3) is 0.588. The van der Waals surface area contributed by atoms with Crippen LogP contribution in [0.2, 0.25) is 0 Å². The van der Waals surface area contributed by atoms with Crippen molar-refractivity contribution >= 4 is 6.47 Å². The van der Waals surface area contributed by atoms with Crippen LogP contribution in [0.4, 0.5) is 0 Å². The van der Waals surface area contributed by atoms with E-state index in [9.17, 15) is 4.79 Å². The number of ether oxygens (including phenoxy) is 1. The zero-order chi connectivity index (χ0) is 16.1. The highest BCUT2D eigenvalue weighted by Gasteiger charge is 2.22. The summed E-state index contributed by atoms with van der Waals surface area (Å²) >= 11 is 0. The molecule has 4 heteroatoms. The number of hydrogen-bond donors (Lipinski definition) is 1. The minimum atomic E-state index is -0.116. The van der Waals surface area contributed by atoms with Crippen LogP contribution in [-0.4, -0.2) is 42.7 Å². The standard InChI is InChI=1S/C8H8O2.C7H15NO.C2H6/c9-7-10-6-8-4-2-1-3-5-8;1-6(9)7-3-4-8(2)5-7;1-2/h1-5,7H,6H2;6-7,9H,3-5H2,1-2H3;1-2H3. The van der Waals surface area contributed by atoms with Crippen molar-refractivity contribution in [3.63, 3.8) is 0 Å². The molecule has 1 aromatic carbocycles. The van der Waals surface area contributed by atoms with Gasteiger partial charge in [-0.25, -0.2) is 0 Å². The molecule has 4 nitrogen and oxygen atoms in total. The van der Waals surface area contributed by atoms with Gasteiger partial charge in [0.05, 0.1) is 6.10 Å². The van der Waals surface area contributed by atoms with E-state index in [-0.39, 0.29) is 6.10 Å². The van der Waals surface area contributed by atoms with Gasteiger partial charge in [-0.3, -0.25) is 4.79 Å². The second-order valence-corrected chi connectivity index (χ2v) is 4.94. The van der Waals surface area contributed by atoms with E-state index in [2.05, 4.69) is 16.7 Å². The third-order valence-corrected chi connectivity index (χ3v) is 3.27. The number of hydrogen-bond acceptors (Lipinski definition) is 4. The predicted octanol–water partition coefficient (Wildman–Crippen LogP) is 2.70. The maximum atomic E-state index is 9.76. The molecule has 0 saturated carbocycles. The predicted molar refractivity (Wildman–Crippen MR) is 85.9 cm³/mol. The molecule has 0 bridgehead atoms. The summed E-state index contributed by atoms with van der Waals surface area (Å²) in [6.07, 6.45) is 1.05. The Kier molecular flexibility index (Phi) is 11.5. The molecule has 2 atom stereocenters. The fourth-order valence-corrected chi connectivity index (χ4v) is 2.07. The van der Waals surface area contributed by atoms with Gasteiger partial charge in [0, 0.05) is 6.54 Å². The number of benzene rings is 1. The van der Waals surface area contributed by atoms with Crippen LogP contribution in [-0.2, 0) is 16.1 Å². The lowest BCUT2D eigenvalue weighted by Gasteiger charge is -2.12. The van der Waals surface area contributed by atoms with Crippen molar-refractivity contribution in [2.24, 2.45) is 5.92 Å². The van der Waals surface area contributed by atoms with E-state index in [0.717, 1.165) is 25.1 Å². The summed E-state index contributed by atoms with van der Waals surface area (Å²) in [7, 11) is 2.10. The maximum Gasteiger partial charge on any atom is 0.293 e. The number of nitrogens with zero attached hydrogens (tertiary/aromatic N) is 1. The Morgan fingerprint density at radius 2 is 2.00 bits per heavy atom. The number of carbonyl (C=O) groups excluding carboxylic acids is 1. The molecular weight excluding hydrogens is 266 g/mol. The summed E-state index contributed by atoms with van der Waals surface area (Å²) in [6, 6.07) is 9.55. The molecule has 0 radical (unpaired) electrons. The lowest BCUT2D eigenvalue weighted by Crippen LogP contribution is -2.20. The first-order valence-corrected chi connectivity index (χ1v) is 7.59. The van der Waals surface area contributed by atoms with E-state index in [1.165, 1.54) is 0 Å². The van der Waals surface area contributed by atoms with Crippen molar-refractivity contribution in [2.75, 3.05) is 20.1 Å². The first kappa shape index (κ1) is 19.6. The van der Waals surface area contributed by atoms with Crippen LogP contribution in [0.1, 0.15) is 32.8 Å². The molecule has 2 rings (SSSR count). The van der Waals surface area contributed by atoms with Crippen LogP contribution in [0.25, 0.3) is 0 Å². The normalized spacial score (nSPS) is 18.6. The van der Waals surface area contributed by atoms with E-state index >= 15 is 0 Å². The van der Waals surface area contributed by atoms with Crippen LogP contribution in [0.15, 0.2) is 30.3 Å². The number of rotatable bonds is 4. The summed E-state index contributed by atoms with van der Waals surface area (Å²) in [4.78, 5) is 12.0. The molecule has 1 aliphatic rings. The van der Waals surface area contributed by atoms with E-state index in [0.29, 0.717) is 19.0 Å². The number of likely N-dealkylation sites (tertiary alicyclic amines) is 1. The Bertz CT molecular complexity index is 354. The monoisotopic (exact) mass is 295 g/mol. The van der Waals surface area contributed by atoms with E-state index in [1.54, 1.807) is 0 Å². The average molecular weight is 295 g/mol. The Hall–Kier alpha value is -1.39. The molecule has 0 spiro atoms. The summed E-state index contributed by atoms with van der Waals surface area (Å²) in [5, 5.41) is 9.14. The Morgan fingerprint density at radius 3 is 2.38 bits per heavy atom. The van der Waals surface area contributed by atoms with Crippen molar-refractivity contribution in [3.8, 4) is 0 Å². The highest BCUT2D eigenvalue weighted by atomic mass is 16.5. The third-order valence-electron chi connectivity index (χ3n) is 3.27. The third kappa shape index (κ3) is 9.21. The van der Waals surface area contributed by atoms with Crippen LogP contribution in [0.5, 0.6) is 0 Å². The topological polar surface area (TPSA) is 49.8 Å². The van der Waals surface area contributed by atoms with Gasteiger partial charge < -0.3 is 14.7 Å². The van der Waals surface area contributed by atoms with Gasteiger partial charge in [-0.15, -0.1) is 0 Å². The molecule has 1 N–H and O–H groups in total. The van der Waals surface area contributed by atoms with Crippen LogP contribution < -0.4 is 0 Å². The molecule has 1 aromatic rings. The molecule has 0 aromatic heterocycles. The molecule has 21 heavy (non-hydrogen) atoms. The lowest BCUT2D eigenvalue weighted by molar-refractivity contribution is -0.129. The molecule has 1 heterocycles.